The topological polar surface area (TPSA) is 30.5 Å². The zero-order valence-corrected chi connectivity index (χ0v) is 13.3. The highest BCUT2D eigenvalue weighted by Gasteiger charge is 2.36. The van der Waals surface area contributed by atoms with E-state index < -0.39 is 0 Å². The Balaban J connectivity index is 1.89. The van der Waals surface area contributed by atoms with Crippen molar-refractivity contribution in [2.45, 2.75) is 52.0 Å². The molecule has 0 saturated heterocycles. The van der Waals surface area contributed by atoms with Crippen molar-refractivity contribution < 1.29 is 9.47 Å². The lowest BCUT2D eigenvalue weighted by atomic mass is 9.68. The van der Waals surface area contributed by atoms with E-state index in [1.54, 1.807) is 0 Å². The van der Waals surface area contributed by atoms with Gasteiger partial charge in [-0.05, 0) is 42.5 Å². The molecule has 1 aliphatic carbocycles. The lowest BCUT2D eigenvalue weighted by Crippen LogP contribution is -2.37. The summed E-state index contributed by atoms with van der Waals surface area (Å²) in [6.45, 7) is 6.93. The fraction of sp³-hybridized carbons (Fsp3) is 0.667. The zero-order chi connectivity index (χ0) is 14.7. The molecule has 1 unspecified atom stereocenters. The van der Waals surface area contributed by atoms with Crippen LogP contribution >= 0.6 is 0 Å². The van der Waals surface area contributed by atoms with E-state index in [2.05, 4.69) is 37.4 Å². The fourth-order valence-electron chi connectivity index (χ4n) is 3.86. The Kier molecular flexibility index (Phi) is 4.39. The fourth-order valence-corrected chi connectivity index (χ4v) is 3.86. The Labute approximate surface area is 128 Å². The lowest BCUT2D eigenvalue weighted by Gasteiger charge is -2.41. The molecule has 1 atom stereocenters. The van der Waals surface area contributed by atoms with E-state index >= 15 is 0 Å². The molecule has 1 fully saturated rings. The Morgan fingerprint density at radius 3 is 2.52 bits per heavy atom. The van der Waals surface area contributed by atoms with Crippen LogP contribution in [0.2, 0.25) is 0 Å². The van der Waals surface area contributed by atoms with E-state index in [-0.39, 0.29) is 0 Å². The van der Waals surface area contributed by atoms with Crippen molar-refractivity contribution in [2.75, 3.05) is 19.8 Å². The minimum absolute atomic E-state index is 0.345. The summed E-state index contributed by atoms with van der Waals surface area (Å²) in [7, 11) is 0. The number of rotatable bonds is 4. The monoisotopic (exact) mass is 289 g/mol. The number of hydrogen-bond donors (Lipinski definition) is 1. The number of benzene rings is 1. The summed E-state index contributed by atoms with van der Waals surface area (Å²) in [5.74, 6) is 1.79. The highest BCUT2D eigenvalue weighted by atomic mass is 16.6. The van der Waals surface area contributed by atoms with Crippen LogP contribution in [0.15, 0.2) is 18.2 Å². The van der Waals surface area contributed by atoms with Gasteiger partial charge < -0.3 is 14.8 Å². The molecule has 3 rings (SSSR count). The molecule has 2 aliphatic rings. The first kappa shape index (κ1) is 14.7. The quantitative estimate of drug-likeness (QED) is 0.906. The maximum Gasteiger partial charge on any atom is 0.161 e. The van der Waals surface area contributed by atoms with Crippen molar-refractivity contribution in [3.05, 3.63) is 23.8 Å². The molecule has 0 spiro atoms. The van der Waals surface area contributed by atoms with Crippen molar-refractivity contribution in [3.63, 3.8) is 0 Å². The van der Waals surface area contributed by atoms with Crippen molar-refractivity contribution in [3.8, 4) is 11.5 Å². The first-order valence-corrected chi connectivity index (χ1v) is 8.36. The van der Waals surface area contributed by atoms with Gasteiger partial charge in [-0.15, -0.1) is 0 Å². The standard InChI is InChI=1S/C18H27NO2/c1-3-19-17(18(2)9-5-4-6-10-18)14-7-8-15-16(13-14)21-12-11-20-15/h7-8,13,17,19H,3-6,9-12H2,1-2H3. The molecule has 1 aromatic rings. The molecule has 3 heteroatoms. The summed E-state index contributed by atoms with van der Waals surface area (Å²) < 4.78 is 11.4. The van der Waals surface area contributed by atoms with Crippen LogP contribution < -0.4 is 14.8 Å². The van der Waals surface area contributed by atoms with Crippen molar-refractivity contribution in [1.82, 2.24) is 5.32 Å². The number of ether oxygens (including phenoxy) is 2. The lowest BCUT2D eigenvalue weighted by molar-refractivity contribution is 0.144. The molecule has 21 heavy (non-hydrogen) atoms. The predicted octanol–water partition coefficient (Wildman–Crippen LogP) is 4.08. The number of fused-ring (bicyclic) bond motifs is 1. The first-order chi connectivity index (χ1) is 10.2. The van der Waals surface area contributed by atoms with Crippen LogP contribution in [0.4, 0.5) is 0 Å². The third-order valence-corrected chi connectivity index (χ3v) is 5.00. The molecule has 0 radical (unpaired) electrons. The summed E-state index contributed by atoms with van der Waals surface area (Å²) in [5, 5.41) is 3.72. The average molecular weight is 289 g/mol. The molecule has 1 N–H and O–H groups in total. The van der Waals surface area contributed by atoms with Crippen molar-refractivity contribution in [2.24, 2.45) is 5.41 Å². The van der Waals surface area contributed by atoms with E-state index in [1.807, 2.05) is 0 Å². The molecular formula is C18H27NO2. The van der Waals surface area contributed by atoms with Crippen LogP contribution in [0.3, 0.4) is 0 Å². The summed E-state index contributed by atoms with van der Waals surface area (Å²) in [6.07, 6.45) is 6.69. The van der Waals surface area contributed by atoms with Gasteiger partial charge in [-0.25, -0.2) is 0 Å². The Morgan fingerprint density at radius 2 is 1.81 bits per heavy atom. The maximum atomic E-state index is 5.76. The maximum absolute atomic E-state index is 5.76. The summed E-state index contributed by atoms with van der Waals surface area (Å²) in [6, 6.07) is 6.86. The van der Waals surface area contributed by atoms with Gasteiger partial charge in [-0.1, -0.05) is 39.2 Å². The largest absolute Gasteiger partial charge is 0.486 e. The molecule has 0 amide bonds. The molecule has 1 saturated carbocycles. The summed E-state index contributed by atoms with van der Waals surface area (Å²) >= 11 is 0. The van der Waals surface area contributed by atoms with Crippen LogP contribution in [-0.2, 0) is 0 Å². The van der Waals surface area contributed by atoms with E-state index in [1.165, 1.54) is 37.7 Å². The molecule has 1 aromatic carbocycles. The minimum atomic E-state index is 0.345. The van der Waals surface area contributed by atoms with Crippen LogP contribution in [0.25, 0.3) is 0 Å². The predicted molar refractivity (Wildman–Crippen MR) is 85.0 cm³/mol. The molecule has 0 bridgehead atoms. The second-order valence-corrected chi connectivity index (χ2v) is 6.61. The van der Waals surface area contributed by atoms with Gasteiger partial charge in [0.1, 0.15) is 13.2 Å². The molecule has 0 aromatic heterocycles. The molecule has 1 heterocycles. The molecule has 3 nitrogen and oxygen atoms in total. The minimum Gasteiger partial charge on any atom is -0.486 e. The number of hydrogen-bond acceptors (Lipinski definition) is 3. The van der Waals surface area contributed by atoms with E-state index in [0.717, 1.165) is 18.0 Å². The third-order valence-electron chi connectivity index (χ3n) is 5.00. The summed E-state index contributed by atoms with van der Waals surface area (Å²) in [5.41, 5.74) is 1.68. The Hall–Kier alpha value is -1.22. The smallest absolute Gasteiger partial charge is 0.161 e. The Morgan fingerprint density at radius 1 is 1.10 bits per heavy atom. The molecule has 116 valence electrons. The van der Waals surface area contributed by atoms with Gasteiger partial charge in [-0.3, -0.25) is 0 Å². The van der Waals surface area contributed by atoms with E-state index in [0.29, 0.717) is 24.7 Å². The zero-order valence-electron chi connectivity index (χ0n) is 13.3. The van der Waals surface area contributed by atoms with Crippen LogP contribution in [0.1, 0.15) is 57.6 Å². The second kappa shape index (κ2) is 6.27. The first-order valence-electron chi connectivity index (χ1n) is 8.36. The summed E-state index contributed by atoms with van der Waals surface area (Å²) in [4.78, 5) is 0. The van der Waals surface area contributed by atoms with E-state index in [9.17, 15) is 0 Å². The highest BCUT2D eigenvalue weighted by molar-refractivity contribution is 5.45. The van der Waals surface area contributed by atoms with Crippen LogP contribution in [0, 0.1) is 5.41 Å². The van der Waals surface area contributed by atoms with E-state index in [4.69, 9.17) is 9.47 Å². The van der Waals surface area contributed by atoms with Crippen molar-refractivity contribution in [1.29, 1.82) is 0 Å². The highest BCUT2D eigenvalue weighted by Crippen LogP contribution is 2.47. The molecular weight excluding hydrogens is 262 g/mol. The van der Waals surface area contributed by atoms with Crippen LogP contribution in [0.5, 0.6) is 11.5 Å². The van der Waals surface area contributed by atoms with Gasteiger partial charge in [0.25, 0.3) is 0 Å². The number of nitrogens with one attached hydrogen (secondary N) is 1. The van der Waals surface area contributed by atoms with Gasteiger partial charge in [0.05, 0.1) is 0 Å². The molecule has 1 aliphatic heterocycles. The van der Waals surface area contributed by atoms with Crippen LogP contribution in [-0.4, -0.2) is 19.8 Å². The third kappa shape index (κ3) is 3.03. The second-order valence-electron chi connectivity index (χ2n) is 6.61. The van der Waals surface area contributed by atoms with Gasteiger partial charge >= 0.3 is 0 Å². The van der Waals surface area contributed by atoms with Crippen molar-refractivity contribution >= 4 is 0 Å². The average Bonchev–Trinajstić information content (AvgIpc) is 2.53. The van der Waals surface area contributed by atoms with Gasteiger partial charge in [0.15, 0.2) is 11.5 Å². The SMILES string of the molecule is CCNC(c1ccc2c(c1)OCCO2)C1(C)CCCCC1. The normalized spacial score (nSPS) is 21.8. The van der Waals surface area contributed by atoms with Gasteiger partial charge in [0, 0.05) is 6.04 Å². The van der Waals surface area contributed by atoms with Gasteiger partial charge in [-0.2, -0.15) is 0 Å². The Bertz CT molecular complexity index is 480. The van der Waals surface area contributed by atoms with Gasteiger partial charge in [0.2, 0.25) is 0 Å².